The van der Waals surface area contributed by atoms with Crippen LogP contribution in [0.4, 0.5) is 5.69 Å². The highest BCUT2D eigenvalue weighted by Gasteiger charge is 2.04. The molecule has 0 bridgehead atoms. The van der Waals surface area contributed by atoms with Gasteiger partial charge in [0.15, 0.2) is 5.82 Å². The largest absolute Gasteiger partial charge is 0.399 e. The Morgan fingerprint density at radius 2 is 1.85 bits per heavy atom. The number of anilines is 1. The summed E-state index contributed by atoms with van der Waals surface area (Å²) in [5, 5.41) is 4.49. The lowest BCUT2D eigenvalue weighted by Gasteiger charge is -2.01. The zero-order valence-corrected chi connectivity index (χ0v) is 11.1. The fourth-order valence-electron chi connectivity index (χ4n) is 2.10. The van der Waals surface area contributed by atoms with Crippen LogP contribution in [0.3, 0.4) is 0 Å². The van der Waals surface area contributed by atoms with Gasteiger partial charge in [-0.15, -0.1) is 0 Å². The van der Waals surface area contributed by atoms with Crippen LogP contribution in [-0.4, -0.2) is 14.8 Å². The van der Waals surface area contributed by atoms with Crippen LogP contribution >= 0.6 is 0 Å². The van der Waals surface area contributed by atoms with Crippen LogP contribution < -0.4 is 5.73 Å². The van der Waals surface area contributed by atoms with E-state index in [1.807, 2.05) is 35.0 Å². The Bertz CT molecular complexity index is 688. The second-order valence-electron chi connectivity index (χ2n) is 4.69. The Balaban J connectivity index is 1.71. The molecule has 4 nitrogen and oxygen atoms in total. The predicted molar refractivity (Wildman–Crippen MR) is 80.0 cm³/mol. The van der Waals surface area contributed by atoms with Crippen molar-refractivity contribution in [2.75, 3.05) is 5.73 Å². The number of hydrogen-bond donors (Lipinski definition) is 1. The van der Waals surface area contributed by atoms with E-state index in [9.17, 15) is 0 Å². The molecule has 0 aliphatic rings. The average Bonchev–Trinajstić information content (AvgIpc) is 2.95. The van der Waals surface area contributed by atoms with E-state index < -0.39 is 0 Å². The third kappa shape index (κ3) is 2.85. The molecule has 3 aromatic rings. The van der Waals surface area contributed by atoms with Gasteiger partial charge in [-0.05, 0) is 24.1 Å². The molecule has 2 aromatic carbocycles. The number of nitrogens with two attached hydrogens (primary N) is 1. The average molecular weight is 264 g/mol. The molecule has 20 heavy (non-hydrogen) atoms. The van der Waals surface area contributed by atoms with Crippen molar-refractivity contribution in [2.24, 2.45) is 0 Å². The van der Waals surface area contributed by atoms with Gasteiger partial charge in [0, 0.05) is 17.8 Å². The quantitative estimate of drug-likeness (QED) is 0.737. The summed E-state index contributed by atoms with van der Waals surface area (Å²) in [6, 6.07) is 18.0. The molecule has 0 fully saturated rings. The summed E-state index contributed by atoms with van der Waals surface area (Å²) in [5.41, 5.74) is 8.75. The van der Waals surface area contributed by atoms with E-state index in [-0.39, 0.29) is 0 Å². The van der Waals surface area contributed by atoms with Crippen molar-refractivity contribution < 1.29 is 0 Å². The number of benzene rings is 2. The first-order valence-electron chi connectivity index (χ1n) is 6.60. The van der Waals surface area contributed by atoms with Crippen LogP contribution in [0.25, 0.3) is 11.4 Å². The van der Waals surface area contributed by atoms with Crippen molar-refractivity contribution in [3.63, 3.8) is 0 Å². The molecule has 2 N–H and O–H groups in total. The Kier molecular flexibility index (Phi) is 3.46. The zero-order valence-electron chi connectivity index (χ0n) is 11.1. The van der Waals surface area contributed by atoms with Crippen molar-refractivity contribution in [2.45, 2.75) is 13.0 Å². The van der Waals surface area contributed by atoms with Crippen LogP contribution in [0.15, 0.2) is 60.9 Å². The predicted octanol–water partition coefficient (Wildman–Crippen LogP) is 2.77. The van der Waals surface area contributed by atoms with Crippen molar-refractivity contribution in [3.8, 4) is 11.4 Å². The SMILES string of the molecule is Nc1cccc(-c2ncn(CCc3ccccc3)n2)c1. The molecule has 0 spiro atoms. The normalized spacial score (nSPS) is 10.6. The van der Waals surface area contributed by atoms with Gasteiger partial charge in [-0.3, -0.25) is 4.68 Å². The summed E-state index contributed by atoms with van der Waals surface area (Å²) in [6.07, 6.45) is 2.71. The van der Waals surface area contributed by atoms with E-state index in [2.05, 4.69) is 34.3 Å². The van der Waals surface area contributed by atoms with Crippen LogP contribution in [0.5, 0.6) is 0 Å². The molecular formula is C16H16N4. The van der Waals surface area contributed by atoms with Crippen LogP contribution in [0.2, 0.25) is 0 Å². The summed E-state index contributed by atoms with van der Waals surface area (Å²) in [6.45, 7) is 0.819. The second-order valence-corrected chi connectivity index (χ2v) is 4.69. The van der Waals surface area contributed by atoms with Crippen LogP contribution in [0, 0.1) is 0 Å². The van der Waals surface area contributed by atoms with E-state index in [4.69, 9.17) is 5.73 Å². The van der Waals surface area contributed by atoms with Gasteiger partial charge >= 0.3 is 0 Å². The smallest absolute Gasteiger partial charge is 0.181 e. The van der Waals surface area contributed by atoms with Gasteiger partial charge in [-0.1, -0.05) is 42.5 Å². The lowest BCUT2D eigenvalue weighted by molar-refractivity contribution is 0.614. The molecule has 0 saturated carbocycles. The third-order valence-corrected chi connectivity index (χ3v) is 3.15. The van der Waals surface area contributed by atoms with Gasteiger partial charge in [0.25, 0.3) is 0 Å². The molecule has 1 aromatic heterocycles. The van der Waals surface area contributed by atoms with Gasteiger partial charge in [0.2, 0.25) is 0 Å². The number of nitrogens with zero attached hydrogens (tertiary/aromatic N) is 3. The number of aromatic nitrogens is 3. The van der Waals surface area contributed by atoms with E-state index in [1.165, 1.54) is 5.56 Å². The second kappa shape index (κ2) is 5.57. The van der Waals surface area contributed by atoms with E-state index in [1.54, 1.807) is 6.33 Å². The maximum absolute atomic E-state index is 5.78. The summed E-state index contributed by atoms with van der Waals surface area (Å²) in [5.74, 6) is 0.713. The first kappa shape index (κ1) is 12.4. The number of hydrogen-bond acceptors (Lipinski definition) is 3. The van der Waals surface area contributed by atoms with Gasteiger partial charge in [0.05, 0.1) is 0 Å². The van der Waals surface area contributed by atoms with E-state index in [0.717, 1.165) is 24.2 Å². The minimum absolute atomic E-state index is 0.713. The van der Waals surface area contributed by atoms with Gasteiger partial charge in [0.1, 0.15) is 6.33 Å². The Morgan fingerprint density at radius 3 is 2.65 bits per heavy atom. The highest BCUT2D eigenvalue weighted by atomic mass is 15.3. The molecular weight excluding hydrogens is 248 g/mol. The molecule has 0 amide bonds. The van der Waals surface area contributed by atoms with Crippen molar-refractivity contribution in [1.82, 2.24) is 14.8 Å². The lowest BCUT2D eigenvalue weighted by Crippen LogP contribution is -2.02. The molecule has 3 rings (SSSR count). The molecule has 0 aliphatic carbocycles. The summed E-state index contributed by atoms with van der Waals surface area (Å²) in [4.78, 5) is 4.34. The van der Waals surface area contributed by atoms with Crippen molar-refractivity contribution in [3.05, 3.63) is 66.5 Å². The summed E-state index contributed by atoms with van der Waals surface area (Å²) in [7, 11) is 0. The minimum atomic E-state index is 0.713. The maximum Gasteiger partial charge on any atom is 0.181 e. The Labute approximate surface area is 117 Å². The highest BCUT2D eigenvalue weighted by molar-refractivity contribution is 5.60. The lowest BCUT2D eigenvalue weighted by atomic mass is 10.2. The van der Waals surface area contributed by atoms with Gasteiger partial charge in [-0.25, -0.2) is 4.98 Å². The van der Waals surface area contributed by atoms with Gasteiger partial charge in [-0.2, -0.15) is 5.10 Å². The van der Waals surface area contributed by atoms with Crippen molar-refractivity contribution >= 4 is 5.69 Å². The molecule has 1 heterocycles. The third-order valence-electron chi connectivity index (χ3n) is 3.15. The fourth-order valence-corrected chi connectivity index (χ4v) is 2.10. The van der Waals surface area contributed by atoms with E-state index >= 15 is 0 Å². The zero-order chi connectivity index (χ0) is 13.8. The van der Waals surface area contributed by atoms with Crippen molar-refractivity contribution in [1.29, 1.82) is 0 Å². The summed E-state index contributed by atoms with van der Waals surface area (Å²) < 4.78 is 1.87. The molecule has 0 atom stereocenters. The number of rotatable bonds is 4. The minimum Gasteiger partial charge on any atom is -0.399 e. The van der Waals surface area contributed by atoms with Crippen LogP contribution in [-0.2, 0) is 13.0 Å². The molecule has 0 radical (unpaired) electrons. The Morgan fingerprint density at radius 1 is 1.00 bits per heavy atom. The molecule has 4 heteroatoms. The van der Waals surface area contributed by atoms with E-state index in [0.29, 0.717) is 5.82 Å². The summed E-state index contributed by atoms with van der Waals surface area (Å²) >= 11 is 0. The first-order valence-corrected chi connectivity index (χ1v) is 6.60. The molecule has 0 aliphatic heterocycles. The number of aryl methyl sites for hydroxylation is 2. The molecule has 0 unspecified atom stereocenters. The monoisotopic (exact) mass is 264 g/mol. The number of nitrogen functional groups attached to an aromatic ring is 1. The fraction of sp³-hybridized carbons (Fsp3) is 0.125. The van der Waals surface area contributed by atoms with Gasteiger partial charge < -0.3 is 5.73 Å². The first-order chi connectivity index (χ1) is 9.81. The molecule has 0 saturated heterocycles. The standard InChI is InChI=1S/C16H16N4/c17-15-8-4-7-14(11-15)16-18-12-20(19-16)10-9-13-5-2-1-3-6-13/h1-8,11-12H,9-10,17H2. The highest BCUT2D eigenvalue weighted by Crippen LogP contribution is 2.17. The van der Waals surface area contributed by atoms with Crippen LogP contribution in [0.1, 0.15) is 5.56 Å². The topological polar surface area (TPSA) is 56.7 Å². The molecule has 100 valence electrons. The Hall–Kier alpha value is -2.62. The maximum atomic E-state index is 5.78.